The molecule has 5 heteroatoms. The third-order valence-electron chi connectivity index (χ3n) is 3.47. The molecule has 2 aromatic heterocycles. The van der Waals surface area contributed by atoms with Crippen molar-refractivity contribution >= 4 is 22.6 Å². The summed E-state index contributed by atoms with van der Waals surface area (Å²) >= 11 is 6.01. The number of benzene rings is 1. The molecule has 0 N–H and O–H groups in total. The highest BCUT2D eigenvalue weighted by Gasteiger charge is 2.13. The maximum atomic E-state index is 6.01. The lowest BCUT2D eigenvalue weighted by atomic mass is 10.2. The van der Waals surface area contributed by atoms with Gasteiger partial charge in [0.25, 0.3) is 0 Å². The molecule has 3 aromatic rings. The van der Waals surface area contributed by atoms with Gasteiger partial charge >= 0.3 is 0 Å². The van der Waals surface area contributed by atoms with E-state index < -0.39 is 0 Å². The molecule has 0 saturated carbocycles. The van der Waals surface area contributed by atoms with E-state index in [9.17, 15) is 0 Å². The molecule has 0 unspecified atom stereocenters. The molecule has 2 heterocycles. The summed E-state index contributed by atoms with van der Waals surface area (Å²) in [6.45, 7) is 6.47. The van der Waals surface area contributed by atoms with E-state index in [0.717, 1.165) is 28.3 Å². The normalized spacial score (nSPS) is 11.4. The van der Waals surface area contributed by atoms with Gasteiger partial charge < -0.3 is 8.98 Å². The van der Waals surface area contributed by atoms with Crippen molar-refractivity contribution in [1.82, 2.24) is 14.5 Å². The fourth-order valence-electron chi connectivity index (χ4n) is 2.31. The molecule has 4 nitrogen and oxygen atoms in total. The lowest BCUT2D eigenvalue weighted by Crippen LogP contribution is -2.04. The maximum absolute atomic E-state index is 6.01. The molecule has 1 aromatic carbocycles. The number of nitrogens with zero attached hydrogens (tertiary/aromatic N) is 3. The predicted molar refractivity (Wildman–Crippen MR) is 79.1 cm³/mol. The van der Waals surface area contributed by atoms with Crippen LogP contribution in [0.15, 0.2) is 22.6 Å². The third kappa shape index (κ3) is 2.20. The average molecular weight is 290 g/mol. The van der Waals surface area contributed by atoms with Gasteiger partial charge in [-0.3, -0.25) is 0 Å². The number of aryl methyl sites for hydroxylation is 3. The van der Waals surface area contributed by atoms with Crippen LogP contribution in [0, 0.1) is 20.8 Å². The molecule has 0 amide bonds. The fraction of sp³-hybridized carbons (Fsp3) is 0.333. The van der Waals surface area contributed by atoms with Crippen LogP contribution in [0.1, 0.15) is 28.7 Å². The number of oxazole rings is 1. The van der Waals surface area contributed by atoms with Crippen molar-refractivity contribution in [2.45, 2.75) is 33.2 Å². The molecule has 0 fully saturated rings. The lowest BCUT2D eigenvalue weighted by Gasteiger charge is -2.04. The molecule has 0 bridgehead atoms. The van der Waals surface area contributed by atoms with Crippen LogP contribution in [0.5, 0.6) is 0 Å². The monoisotopic (exact) mass is 289 g/mol. The smallest absolute Gasteiger partial charge is 0.214 e. The Labute approximate surface area is 122 Å². The molecule has 3 rings (SSSR count). The van der Waals surface area contributed by atoms with Crippen molar-refractivity contribution in [3.05, 3.63) is 46.9 Å². The number of alkyl halides is 1. The highest BCUT2D eigenvalue weighted by Crippen LogP contribution is 2.21. The number of rotatable bonds is 3. The van der Waals surface area contributed by atoms with E-state index in [-0.39, 0.29) is 0 Å². The first-order chi connectivity index (χ1) is 9.58. The van der Waals surface area contributed by atoms with Gasteiger partial charge in [0.05, 0.1) is 22.6 Å². The number of hydrogen-bond donors (Lipinski definition) is 0. The van der Waals surface area contributed by atoms with Gasteiger partial charge in [0, 0.05) is 0 Å². The maximum Gasteiger partial charge on any atom is 0.214 e. The van der Waals surface area contributed by atoms with Crippen LogP contribution >= 0.6 is 11.6 Å². The van der Waals surface area contributed by atoms with Crippen molar-refractivity contribution in [1.29, 1.82) is 0 Å². The standard InChI is InChI=1S/C15H16ClN3O/c1-9-4-5-13-12(6-9)18-14(7-16)19(13)8-15-17-10(2)11(3)20-15/h4-6H,7-8H2,1-3H3. The molecule has 20 heavy (non-hydrogen) atoms. The Morgan fingerprint density at radius 1 is 1.20 bits per heavy atom. The number of imidazole rings is 1. The highest BCUT2D eigenvalue weighted by molar-refractivity contribution is 6.16. The minimum atomic E-state index is 0.367. The Bertz CT molecular complexity index is 753. The average Bonchev–Trinajstić information content (AvgIpc) is 2.91. The summed E-state index contributed by atoms with van der Waals surface area (Å²) < 4.78 is 7.72. The summed E-state index contributed by atoms with van der Waals surface area (Å²) in [6, 6.07) is 6.20. The summed E-state index contributed by atoms with van der Waals surface area (Å²) in [5, 5.41) is 0. The first-order valence-electron chi connectivity index (χ1n) is 6.53. The molecule has 104 valence electrons. The van der Waals surface area contributed by atoms with Crippen molar-refractivity contribution in [3.8, 4) is 0 Å². The molecule has 0 aliphatic rings. The molecule has 0 radical (unpaired) electrons. The Hall–Kier alpha value is -1.81. The number of hydrogen-bond acceptors (Lipinski definition) is 3. The molecular formula is C15H16ClN3O. The zero-order valence-corrected chi connectivity index (χ0v) is 12.5. The molecule has 0 aliphatic heterocycles. The summed E-state index contributed by atoms with van der Waals surface area (Å²) in [5.41, 5.74) is 4.12. The Morgan fingerprint density at radius 3 is 2.65 bits per heavy atom. The van der Waals surface area contributed by atoms with Crippen LogP contribution < -0.4 is 0 Å². The van der Waals surface area contributed by atoms with E-state index in [1.807, 2.05) is 13.8 Å². The van der Waals surface area contributed by atoms with Gasteiger partial charge in [0.2, 0.25) is 5.89 Å². The van der Waals surface area contributed by atoms with Gasteiger partial charge in [0.15, 0.2) is 0 Å². The predicted octanol–water partition coefficient (Wildman–Crippen LogP) is 3.74. The number of halogens is 1. The Kier molecular flexibility index (Phi) is 3.26. The summed E-state index contributed by atoms with van der Waals surface area (Å²) in [4.78, 5) is 9.01. The Morgan fingerprint density at radius 2 is 2.00 bits per heavy atom. The van der Waals surface area contributed by atoms with Crippen molar-refractivity contribution < 1.29 is 4.42 Å². The topological polar surface area (TPSA) is 43.9 Å². The summed E-state index contributed by atoms with van der Waals surface area (Å²) in [6.07, 6.45) is 0. The van der Waals surface area contributed by atoms with Gasteiger partial charge in [-0.1, -0.05) is 6.07 Å². The molecule has 0 saturated heterocycles. The van der Waals surface area contributed by atoms with Gasteiger partial charge in [0.1, 0.15) is 18.1 Å². The van der Waals surface area contributed by atoms with E-state index >= 15 is 0 Å². The first kappa shape index (κ1) is 13.2. The Balaban J connectivity index is 2.09. The molecule has 0 aliphatic carbocycles. The quantitative estimate of drug-likeness (QED) is 0.690. The SMILES string of the molecule is Cc1ccc2c(c1)nc(CCl)n2Cc1nc(C)c(C)o1. The molecule has 0 spiro atoms. The van der Waals surface area contributed by atoms with Crippen LogP contribution in [0.4, 0.5) is 0 Å². The molecule has 0 atom stereocenters. The van der Waals surface area contributed by atoms with E-state index in [1.54, 1.807) is 0 Å². The van der Waals surface area contributed by atoms with Crippen LogP contribution in [-0.2, 0) is 12.4 Å². The third-order valence-corrected chi connectivity index (χ3v) is 3.71. The minimum absolute atomic E-state index is 0.367. The van der Waals surface area contributed by atoms with Crippen LogP contribution in [0.2, 0.25) is 0 Å². The fourth-order valence-corrected chi connectivity index (χ4v) is 2.51. The largest absolute Gasteiger partial charge is 0.444 e. The second-order valence-corrected chi connectivity index (χ2v) is 5.26. The van der Waals surface area contributed by atoms with Gasteiger partial charge in [-0.05, 0) is 38.5 Å². The second kappa shape index (κ2) is 4.94. The summed E-state index contributed by atoms with van der Waals surface area (Å²) in [5.74, 6) is 2.74. The van der Waals surface area contributed by atoms with Crippen molar-refractivity contribution in [2.24, 2.45) is 0 Å². The van der Waals surface area contributed by atoms with Crippen molar-refractivity contribution in [2.75, 3.05) is 0 Å². The van der Waals surface area contributed by atoms with Gasteiger partial charge in [-0.25, -0.2) is 9.97 Å². The second-order valence-electron chi connectivity index (χ2n) is 4.99. The highest BCUT2D eigenvalue weighted by atomic mass is 35.5. The van der Waals surface area contributed by atoms with E-state index in [1.165, 1.54) is 5.56 Å². The van der Waals surface area contributed by atoms with Crippen LogP contribution in [0.25, 0.3) is 11.0 Å². The van der Waals surface area contributed by atoms with Crippen LogP contribution in [-0.4, -0.2) is 14.5 Å². The van der Waals surface area contributed by atoms with Crippen LogP contribution in [0.3, 0.4) is 0 Å². The molecular weight excluding hydrogens is 274 g/mol. The zero-order chi connectivity index (χ0) is 14.3. The van der Waals surface area contributed by atoms with E-state index in [4.69, 9.17) is 16.0 Å². The summed E-state index contributed by atoms with van der Waals surface area (Å²) in [7, 11) is 0. The minimum Gasteiger partial charge on any atom is -0.444 e. The van der Waals surface area contributed by atoms with Crippen molar-refractivity contribution in [3.63, 3.8) is 0 Å². The van der Waals surface area contributed by atoms with E-state index in [0.29, 0.717) is 18.3 Å². The van der Waals surface area contributed by atoms with Gasteiger partial charge in [-0.2, -0.15) is 0 Å². The first-order valence-corrected chi connectivity index (χ1v) is 7.06. The van der Waals surface area contributed by atoms with E-state index in [2.05, 4.69) is 39.7 Å². The van der Waals surface area contributed by atoms with Gasteiger partial charge in [-0.15, -0.1) is 11.6 Å². The zero-order valence-electron chi connectivity index (χ0n) is 11.8. The lowest BCUT2D eigenvalue weighted by molar-refractivity contribution is 0.457. The number of aromatic nitrogens is 3. The number of fused-ring (bicyclic) bond motifs is 1.